The third kappa shape index (κ3) is 3.15. The summed E-state index contributed by atoms with van der Waals surface area (Å²) in [6.07, 6.45) is 4.91. The van der Waals surface area contributed by atoms with Crippen molar-refractivity contribution in [1.82, 2.24) is 14.9 Å². The predicted octanol–water partition coefficient (Wildman–Crippen LogP) is 2.60. The fourth-order valence-corrected chi connectivity index (χ4v) is 2.91. The molecule has 0 saturated carbocycles. The molecule has 0 spiro atoms. The lowest BCUT2D eigenvalue weighted by atomic mass is 9.93. The van der Waals surface area contributed by atoms with Crippen LogP contribution in [0.2, 0.25) is 0 Å². The highest BCUT2D eigenvalue weighted by Gasteiger charge is 2.44. The van der Waals surface area contributed by atoms with Crippen LogP contribution in [0.1, 0.15) is 31.1 Å². The summed E-state index contributed by atoms with van der Waals surface area (Å²) in [4.78, 5) is 35.1. The Balaban J connectivity index is 2.06. The summed E-state index contributed by atoms with van der Waals surface area (Å²) in [6, 6.07) is 8.22. The summed E-state index contributed by atoms with van der Waals surface area (Å²) in [6.45, 7) is 3.71. The molecule has 2 aromatic heterocycles. The Morgan fingerprint density at radius 2 is 2.04 bits per heavy atom. The number of amides is 1. The smallest absolute Gasteiger partial charge is 0.290 e. The van der Waals surface area contributed by atoms with Gasteiger partial charge < -0.3 is 10.0 Å². The summed E-state index contributed by atoms with van der Waals surface area (Å²) in [7, 11) is 0. The number of hydrogen-bond acceptors (Lipinski definition) is 5. The van der Waals surface area contributed by atoms with Gasteiger partial charge in [0.25, 0.3) is 5.91 Å². The first kappa shape index (κ1) is 16.8. The van der Waals surface area contributed by atoms with Crippen molar-refractivity contribution < 1.29 is 14.7 Å². The molecule has 25 heavy (non-hydrogen) atoms. The van der Waals surface area contributed by atoms with Gasteiger partial charge >= 0.3 is 0 Å². The zero-order chi connectivity index (χ0) is 18.0. The number of Topliss-reactive ketones (excluding diaryl/α,β-unsaturated/α-hetero) is 1. The van der Waals surface area contributed by atoms with Gasteiger partial charge in [-0.25, -0.2) is 0 Å². The van der Waals surface area contributed by atoms with Gasteiger partial charge in [-0.1, -0.05) is 26.0 Å². The van der Waals surface area contributed by atoms with Gasteiger partial charge in [0.2, 0.25) is 0 Å². The van der Waals surface area contributed by atoms with Gasteiger partial charge in [-0.15, -0.1) is 0 Å². The number of ketones is 1. The normalized spacial score (nSPS) is 17.5. The van der Waals surface area contributed by atoms with Crippen LogP contribution < -0.4 is 0 Å². The van der Waals surface area contributed by atoms with Gasteiger partial charge in [0.15, 0.2) is 11.5 Å². The monoisotopic (exact) mass is 337 g/mol. The van der Waals surface area contributed by atoms with E-state index >= 15 is 0 Å². The second-order valence-corrected chi connectivity index (χ2v) is 6.23. The molecule has 0 bridgehead atoms. The molecule has 0 radical (unpaired) electrons. The van der Waals surface area contributed by atoms with Crippen molar-refractivity contribution in [3.63, 3.8) is 0 Å². The first-order valence-corrected chi connectivity index (χ1v) is 8.09. The highest BCUT2D eigenvalue weighted by atomic mass is 16.3. The number of carbonyl (C=O) groups excluding carboxylic acids is 2. The van der Waals surface area contributed by atoms with Gasteiger partial charge in [-0.3, -0.25) is 19.6 Å². The molecule has 0 aromatic carbocycles. The highest BCUT2D eigenvalue weighted by molar-refractivity contribution is 6.09. The number of aromatic nitrogens is 2. The molecule has 1 aliphatic rings. The summed E-state index contributed by atoms with van der Waals surface area (Å²) in [5.41, 5.74) is 1.47. The summed E-state index contributed by atoms with van der Waals surface area (Å²) >= 11 is 0. The molecule has 1 amide bonds. The summed E-state index contributed by atoms with van der Waals surface area (Å²) in [5.74, 6) is -1.65. The molecule has 2 aromatic rings. The van der Waals surface area contributed by atoms with E-state index in [1.807, 2.05) is 6.07 Å². The van der Waals surface area contributed by atoms with Crippen molar-refractivity contribution in [2.75, 3.05) is 0 Å². The fourth-order valence-electron chi connectivity index (χ4n) is 2.91. The highest BCUT2D eigenvalue weighted by Crippen LogP contribution is 2.38. The molecule has 1 aliphatic heterocycles. The van der Waals surface area contributed by atoms with Crippen LogP contribution in [-0.4, -0.2) is 31.7 Å². The van der Waals surface area contributed by atoms with Crippen molar-refractivity contribution in [3.8, 4) is 0 Å². The standard InChI is InChI=1S/C19H19N3O3/c1-12(2)17(23)15-16(14-7-3-4-9-21-14)22(19(25)18(15)24)11-13-6-5-8-20-10-13/h3-10,12,16,24H,11H2,1-2H3. The predicted molar refractivity (Wildman–Crippen MR) is 91.3 cm³/mol. The molecule has 0 fully saturated rings. The zero-order valence-electron chi connectivity index (χ0n) is 14.1. The van der Waals surface area contributed by atoms with Crippen LogP contribution in [0.4, 0.5) is 0 Å². The zero-order valence-corrected chi connectivity index (χ0v) is 14.1. The maximum Gasteiger partial charge on any atom is 0.290 e. The van der Waals surface area contributed by atoms with Crippen molar-refractivity contribution in [1.29, 1.82) is 0 Å². The summed E-state index contributed by atoms with van der Waals surface area (Å²) < 4.78 is 0. The number of pyridine rings is 2. The SMILES string of the molecule is CC(C)C(=O)C1=C(O)C(=O)N(Cc2cccnc2)C1c1ccccn1. The van der Waals surface area contributed by atoms with Crippen LogP contribution in [0.3, 0.4) is 0 Å². The molecule has 1 unspecified atom stereocenters. The van der Waals surface area contributed by atoms with E-state index in [9.17, 15) is 14.7 Å². The van der Waals surface area contributed by atoms with Crippen LogP contribution in [-0.2, 0) is 16.1 Å². The van der Waals surface area contributed by atoms with Crippen LogP contribution in [0.25, 0.3) is 0 Å². The number of rotatable bonds is 5. The Morgan fingerprint density at radius 1 is 1.24 bits per heavy atom. The van der Waals surface area contributed by atoms with E-state index in [1.165, 1.54) is 4.90 Å². The largest absolute Gasteiger partial charge is 0.503 e. The number of nitrogens with zero attached hydrogens (tertiary/aromatic N) is 3. The topological polar surface area (TPSA) is 83.4 Å². The maximum atomic E-state index is 12.6. The Labute approximate surface area is 145 Å². The van der Waals surface area contributed by atoms with Gasteiger partial charge in [-0.05, 0) is 23.8 Å². The molecular weight excluding hydrogens is 318 g/mol. The van der Waals surface area contributed by atoms with Crippen molar-refractivity contribution in [2.45, 2.75) is 26.4 Å². The number of aliphatic hydroxyl groups excluding tert-OH is 1. The van der Waals surface area contributed by atoms with Crippen molar-refractivity contribution in [2.24, 2.45) is 5.92 Å². The van der Waals surface area contributed by atoms with E-state index in [-0.39, 0.29) is 23.8 Å². The van der Waals surface area contributed by atoms with Crippen LogP contribution in [0, 0.1) is 5.92 Å². The third-order valence-electron chi connectivity index (χ3n) is 4.14. The van der Waals surface area contributed by atoms with Gasteiger partial charge in [0.05, 0.1) is 11.3 Å². The van der Waals surface area contributed by atoms with Crippen LogP contribution >= 0.6 is 0 Å². The lowest BCUT2D eigenvalue weighted by molar-refractivity contribution is -0.130. The van der Waals surface area contributed by atoms with E-state index in [1.54, 1.807) is 56.7 Å². The third-order valence-corrected chi connectivity index (χ3v) is 4.14. The molecule has 6 nitrogen and oxygen atoms in total. The van der Waals surface area contributed by atoms with E-state index in [4.69, 9.17) is 0 Å². The van der Waals surface area contributed by atoms with Gasteiger partial charge in [0, 0.05) is 31.1 Å². The second-order valence-electron chi connectivity index (χ2n) is 6.23. The average molecular weight is 337 g/mol. The molecule has 3 rings (SSSR count). The maximum absolute atomic E-state index is 12.6. The minimum Gasteiger partial charge on any atom is -0.503 e. The van der Waals surface area contributed by atoms with Gasteiger partial charge in [0.1, 0.15) is 6.04 Å². The average Bonchev–Trinajstić information content (AvgIpc) is 2.87. The van der Waals surface area contributed by atoms with E-state index in [2.05, 4.69) is 9.97 Å². The van der Waals surface area contributed by atoms with E-state index < -0.39 is 17.7 Å². The van der Waals surface area contributed by atoms with Crippen LogP contribution in [0.15, 0.2) is 60.3 Å². The summed E-state index contributed by atoms with van der Waals surface area (Å²) in [5, 5.41) is 10.4. The van der Waals surface area contributed by atoms with E-state index in [0.29, 0.717) is 5.69 Å². The quantitative estimate of drug-likeness (QED) is 0.907. The van der Waals surface area contributed by atoms with E-state index in [0.717, 1.165) is 5.56 Å². The first-order chi connectivity index (χ1) is 12.0. The molecule has 1 atom stereocenters. The number of hydrogen-bond donors (Lipinski definition) is 1. The lowest BCUT2D eigenvalue weighted by Crippen LogP contribution is -2.31. The Kier molecular flexibility index (Phi) is 4.61. The number of carbonyl (C=O) groups is 2. The first-order valence-electron chi connectivity index (χ1n) is 8.09. The Morgan fingerprint density at radius 3 is 2.64 bits per heavy atom. The number of aliphatic hydroxyl groups is 1. The minimum absolute atomic E-state index is 0.114. The van der Waals surface area contributed by atoms with Crippen molar-refractivity contribution >= 4 is 11.7 Å². The molecule has 0 saturated heterocycles. The van der Waals surface area contributed by atoms with Crippen molar-refractivity contribution in [3.05, 3.63) is 71.5 Å². The lowest BCUT2D eigenvalue weighted by Gasteiger charge is -2.26. The Bertz CT molecular complexity index is 816. The molecule has 3 heterocycles. The van der Waals surface area contributed by atoms with Crippen LogP contribution in [0.5, 0.6) is 0 Å². The second kappa shape index (κ2) is 6.84. The Hall–Kier alpha value is -3.02. The minimum atomic E-state index is -0.705. The molecule has 0 aliphatic carbocycles. The molecule has 1 N–H and O–H groups in total. The molecule has 128 valence electrons. The molecule has 6 heteroatoms. The fraction of sp³-hybridized carbons (Fsp3) is 0.263. The molecular formula is C19H19N3O3. The van der Waals surface area contributed by atoms with Gasteiger partial charge in [-0.2, -0.15) is 0 Å².